The topological polar surface area (TPSA) is 64.9 Å². The van der Waals surface area contributed by atoms with Crippen molar-refractivity contribution in [2.24, 2.45) is 11.3 Å². The first kappa shape index (κ1) is 21.0. The summed E-state index contributed by atoms with van der Waals surface area (Å²) in [4.78, 5) is 13.7. The van der Waals surface area contributed by atoms with Crippen LogP contribution in [0.25, 0.3) is 0 Å². The quantitative estimate of drug-likeness (QED) is 0.549. The Morgan fingerprint density at radius 2 is 2.07 bits per heavy atom. The Bertz CT molecular complexity index is 969. The molecule has 0 bridgehead atoms. The second-order valence-corrected chi connectivity index (χ2v) is 10.4. The zero-order valence-corrected chi connectivity index (χ0v) is 19.3. The van der Waals surface area contributed by atoms with Crippen molar-refractivity contribution in [3.05, 3.63) is 50.3 Å². The zero-order valence-electron chi connectivity index (χ0n) is 16.1. The second-order valence-electron chi connectivity index (χ2n) is 8.01. The molecule has 1 aromatic heterocycles. The molecule has 4 nitrogen and oxygen atoms in total. The lowest BCUT2D eigenvalue weighted by atomic mass is 9.72. The Hall–Kier alpha value is -1.75. The van der Waals surface area contributed by atoms with E-state index in [1.54, 1.807) is 29.5 Å². The first-order chi connectivity index (χ1) is 13.2. The van der Waals surface area contributed by atoms with E-state index in [-0.39, 0.29) is 16.4 Å². The van der Waals surface area contributed by atoms with E-state index in [1.165, 1.54) is 4.88 Å². The highest BCUT2D eigenvalue weighted by molar-refractivity contribution is 9.10. The molecule has 2 aromatic rings. The number of halogens is 1. The van der Waals surface area contributed by atoms with Crippen molar-refractivity contribution in [1.29, 1.82) is 5.26 Å². The first-order valence-corrected chi connectivity index (χ1v) is 11.1. The van der Waals surface area contributed by atoms with Crippen LogP contribution in [0.2, 0.25) is 0 Å². The Balaban J connectivity index is 1.75. The molecule has 0 spiro atoms. The van der Waals surface area contributed by atoms with Crippen molar-refractivity contribution in [3.8, 4) is 6.07 Å². The van der Waals surface area contributed by atoms with Gasteiger partial charge in [-0.3, -0.25) is 10.1 Å². The maximum Gasteiger partial charge on any atom is 0.258 e. The minimum Gasteiger partial charge on any atom is -0.323 e. The maximum absolute atomic E-state index is 12.4. The fourth-order valence-corrected chi connectivity index (χ4v) is 5.49. The molecule has 7 heteroatoms. The molecule has 0 fully saturated rings. The minimum atomic E-state index is -0.294. The van der Waals surface area contributed by atoms with E-state index in [0.717, 1.165) is 29.8 Å². The van der Waals surface area contributed by atoms with Crippen LogP contribution in [0.4, 0.5) is 5.00 Å². The molecule has 28 heavy (non-hydrogen) atoms. The fourth-order valence-electron chi connectivity index (χ4n) is 3.48. The smallest absolute Gasteiger partial charge is 0.258 e. The van der Waals surface area contributed by atoms with Crippen LogP contribution in [0.3, 0.4) is 0 Å². The number of thiophene rings is 1. The van der Waals surface area contributed by atoms with Crippen LogP contribution >= 0.6 is 39.5 Å². The number of carbonyl (C=O) groups excluding carboxylic acids is 1. The molecule has 2 N–H and O–H groups in total. The average Bonchev–Trinajstić information content (AvgIpc) is 2.97. The summed E-state index contributed by atoms with van der Waals surface area (Å²) in [6.45, 7) is 6.81. The third kappa shape index (κ3) is 4.45. The van der Waals surface area contributed by atoms with Crippen LogP contribution < -0.4 is 10.6 Å². The third-order valence-electron chi connectivity index (χ3n) is 5.17. The molecule has 1 aromatic carbocycles. The number of carbonyl (C=O) groups is 1. The summed E-state index contributed by atoms with van der Waals surface area (Å²) in [5, 5.41) is 16.4. The number of hydrogen-bond donors (Lipinski definition) is 2. The number of nitriles is 1. The van der Waals surface area contributed by atoms with Crippen LogP contribution in [0, 0.1) is 22.7 Å². The van der Waals surface area contributed by atoms with Crippen molar-refractivity contribution in [3.63, 3.8) is 0 Å². The van der Waals surface area contributed by atoms with Gasteiger partial charge in [0.15, 0.2) is 5.11 Å². The minimum absolute atomic E-state index is 0.197. The number of nitrogens with zero attached hydrogens (tertiary/aromatic N) is 1. The van der Waals surface area contributed by atoms with Crippen LogP contribution in [-0.2, 0) is 12.8 Å². The predicted molar refractivity (Wildman–Crippen MR) is 122 cm³/mol. The van der Waals surface area contributed by atoms with Gasteiger partial charge in [0, 0.05) is 9.35 Å². The van der Waals surface area contributed by atoms with E-state index >= 15 is 0 Å². The fraction of sp³-hybridized carbons (Fsp3) is 0.381. The summed E-state index contributed by atoms with van der Waals surface area (Å²) in [7, 11) is 0. The van der Waals surface area contributed by atoms with Gasteiger partial charge in [-0.05, 0) is 76.4 Å². The van der Waals surface area contributed by atoms with E-state index in [9.17, 15) is 10.1 Å². The molecule has 1 aliphatic rings. The van der Waals surface area contributed by atoms with Crippen LogP contribution in [-0.4, -0.2) is 11.0 Å². The van der Waals surface area contributed by atoms with Gasteiger partial charge in [-0.15, -0.1) is 11.3 Å². The second kappa shape index (κ2) is 8.32. The van der Waals surface area contributed by atoms with E-state index in [4.69, 9.17) is 12.2 Å². The van der Waals surface area contributed by atoms with Gasteiger partial charge in [0.05, 0.1) is 11.1 Å². The SMILES string of the molecule is CC(C)(C)C1CCc2c(sc(NC(=S)NC(=O)c3ccccc3Br)c2C#N)C1. The summed E-state index contributed by atoms with van der Waals surface area (Å²) >= 11 is 10.3. The van der Waals surface area contributed by atoms with Crippen molar-refractivity contribution in [1.82, 2.24) is 5.32 Å². The lowest BCUT2D eigenvalue weighted by Crippen LogP contribution is -2.34. The molecule has 3 rings (SSSR count). The number of thiocarbonyl (C=S) groups is 1. The highest BCUT2D eigenvalue weighted by atomic mass is 79.9. The maximum atomic E-state index is 12.4. The molecule has 1 atom stereocenters. The highest BCUT2D eigenvalue weighted by Gasteiger charge is 2.32. The lowest BCUT2D eigenvalue weighted by molar-refractivity contribution is 0.0977. The van der Waals surface area contributed by atoms with Gasteiger partial charge in [-0.1, -0.05) is 32.9 Å². The molecule has 1 unspecified atom stereocenters. The number of hydrogen-bond acceptors (Lipinski definition) is 4. The monoisotopic (exact) mass is 475 g/mol. The summed E-state index contributed by atoms with van der Waals surface area (Å²) in [6, 6.07) is 9.49. The van der Waals surface area contributed by atoms with Crippen molar-refractivity contribution in [2.45, 2.75) is 40.0 Å². The molecule has 1 aliphatic carbocycles. The van der Waals surface area contributed by atoms with Crippen molar-refractivity contribution in [2.75, 3.05) is 5.32 Å². The summed E-state index contributed by atoms with van der Waals surface area (Å²) < 4.78 is 0.702. The van der Waals surface area contributed by atoms with E-state index in [2.05, 4.69) is 53.4 Å². The van der Waals surface area contributed by atoms with Gasteiger partial charge in [-0.2, -0.15) is 5.26 Å². The Kier molecular flexibility index (Phi) is 6.23. The van der Waals surface area contributed by atoms with Crippen LogP contribution in [0.15, 0.2) is 28.7 Å². The predicted octanol–water partition coefficient (Wildman–Crippen LogP) is 5.66. The molecule has 1 amide bonds. The van der Waals surface area contributed by atoms with E-state index in [1.807, 2.05) is 6.07 Å². The molecule has 0 aliphatic heterocycles. The molecule has 0 radical (unpaired) electrons. The molecule has 146 valence electrons. The van der Waals surface area contributed by atoms with Gasteiger partial charge in [-0.25, -0.2) is 0 Å². The van der Waals surface area contributed by atoms with E-state index < -0.39 is 0 Å². The summed E-state index contributed by atoms with van der Waals surface area (Å²) in [5.74, 6) is 0.303. The first-order valence-electron chi connectivity index (χ1n) is 9.12. The average molecular weight is 476 g/mol. The zero-order chi connectivity index (χ0) is 20.5. The number of benzene rings is 1. The molecule has 0 saturated carbocycles. The summed E-state index contributed by atoms with van der Waals surface area (Å²) in [6.07, 6.45) is 2.98. The Labute approximate surface area is 183 Å². The highest BCUT2D eigenvalue weighted by Crippen LogP contribution is 2.43. The molecule has 0 saturated heterocycles. The van der Waals surface area contributed by atoms with Crippen molar-refractivity contribution < 1.29 is 4.79 Å². The van der Waals surface area contributed by atoms with Crippen LogP contribution in [0.1, 0.15) is 53.6 Å². The molecular weight excluding hydrogens is 454 g/mol. The van der Waals surface area contributed by atoms with E-state index in [0.29, 0.717) is 21.5 Å². The Morgan fingerprint density at radius 1 is 1.36 bits per heavy atom. The van der Waals surface area contributed by atoms with Gasteiger partial charge in [0.1, 0.15) is 11.1 Å². The molecule has 1 heterocycles. The van der Waals surface area contributed by atoms with Crippen molar-refractivity contribution >= 4 is 55.5 Å². The van der Waals surface area contributed by atoms with Gasteiger partial charge in [0.25, 0.3) is 5.91 Å². The third-order valence-corrected chi connectivity index (χ3v) is 7.24. The number of fused-ring (bicyclic) bond motifs is 1. The van der Waals surface area contributed by atoms with Gasteiger partial charge < -0.3 is 5.32 Å². The van der Waals surface area contributed by atoms with Crippen LogP contribution in [0.5, 0.6) is 0 Å². The van der Waals surface area contributed by atoms with Gasteiger partial charge in [0.2, 0.25) is 0 Å². The largest absolute Gasteiger partial charge is 0.323 e. The van der Waals surface area contributed by atoms with Gasteiger partial charge >= 0.3 is 0 Å². The number of nitrogens with one attached hydrogen (secondary N) is 2. The Morgan fingerprint density at radius 3 is 2.71 bits per heavy atom. The lowest BCUT2D eigenvalue weighted by Gasteiger charge is -2.33. The summed E-state index contributed by atoms with van der Waals surface area (Å²) in [5.41, 5.74) is 2.54. The number of amides is 1. The number of anilines is 1. The number of rotatable bonds is 2. The standard InChI is InChI=1S/C21H22BrN3OS2/c1-21(2,3)12-8-9-13-15(11-23)19(28-17(13)10-12)25-20(27)24-18(26)14-6-4-5-7-16(14)22/h4-7,12H,8-10H2,1-3H3,(H2,24,25,26,27). The normalized spacial score (nSPS) is 16.0. The molecular formula is C21H22BrN3OS2.